The molecule has 3 aliphatic heterocycles. The second-order valence-electron chi connectivity index (χ2n) is 9.95. The average Bonchev–Trinajstić information content (AvgIpc) is 2.84. The monoisotopic (exact) mass is 455 g/mol. The van der Waals surface area contributed by atoms with Crippen LogP contribution in [-0.2, 0) is 16.1 Å². The van der Waals surface area contributed by atoms with Gasteiger partial charge in [0.1, 0.15) is 0 Å². The summed E-state index contributed by atoms with van der Waals surface area (Å²) in [5, 5.41) is 10.0. The SMILES string of the molecule is Cc1cc(C)cc(CO[C@H]2[C@@H]3CCN(C[C@H]3C(=O)O)[C@@H]2C(c2ccccc2)c2ccccc2)c1. The maximum absolute atomic E-state index is 12.2. The quantitative estimate of drug-likeness (QED) is 0.516. The van der Waals surface area contributed by atoms with Gasteiger partial charge in [-0.2, -0.15) is 0 Å². The summed E-state index contributed by atoms with van der Waals surface area (Å²) in [5.41, 5.74) is 6.09. The summed E-state index contributed by atoms with van der Waals surface area (Å²) in [5.74, 6) is -0.969. The Bertz CT molecular complexity index is 1070. The Morgan fingerprint density at radius 3 is 2.12 bits per heavy atom. The maximum Gasteiger partial charge on any atom is 0.308 e. The predicted octanol–water partition coefficient (Wildman–Crippen LogP) is 5.43. The number of hydrogen-bond donors (Lipinski definition) is 1. The summed E-state index contributed by atoms with van der Waals surface area (Å²) in [4.78, 5) is 14.6. The zero-order valence-electron chi connectivity index (χ0n) is 19.9. The molecule has 4 nitrogen and oxygen atoms in total. The highest BCUT2D eigenvalue weighted by Gasteiger charge is 2.53. The Morgan fingerprint density at radius 2 is 1.56 bits per heavy atom. The van der Waals surface area contributed by atoms with Gasteiger partial charge in [0.25, 0.3) is 0 Å². The van der Waals surface area contributed by atoms with Gasteiger partial charge in [-0.3, -0.25) is 9.69 Å². The summed E-state index contributed by atoms with van der Waals surface area (Å²) in [6, 6.07) is 27.8. The van der Waals surface area contributed by atoms with Crippen LogP contribution in [0.5, 0.6) is 0 Å². The first-order chi connectivity index (χ1) is 16.5. The van der Waals surface area contributed by atoms with E-state index in [0.29, 0.717) is 13.2 Å². The van der Waals surface area contributed by atoms with E-state index in [-0.39, 0.29) is 29.9 Å². The van der Waals surface area contributed by atoms with Crippen molar-refractivity contribution >= 4 is 5.97 Å². The molecule has 5 atom stereocenters. The molecule has 3 aromatic carbocycles. The number of carboxylic acids is 1. The lowest BCUT2D eigenvalue weighted by molar-refractivity contribution is -0.172. The van der Waals surface area contributed by atoms with Crippen LogP contribution in [0.4, 0.5) is 0 Å². The Balaban J connectivity index is 1.54. The Kier molecular flexibility index (Phi) is 6.53. The molecule has 0 aliphatic carbocycles. The largest absolute Gasteiger partial charge is 0.481 e. The second kappa shape index (κ2) is 9.73. The van der Waals surface area contributed by atoms with Crippen LogP contribution in [0.3, 0.4) is 0 Å². The number of ether oxygens (including phenoxy) is 1. The highest BCUT2D eigenvalue weighted by molar-refractivity contribution is 5.71. The number of benzene rings is 3. The molecule has 3 heterocycles. The summed E-state index contributed by atoms with van der Waals surface area (Å²) in [6.45, 7) is 6.21. The molecule has 0 spiro atoms. The van der Waals surface area contributed by atoms with E-state index < -0.39 is 5.97 Å². The zero-order valence-corrected chi connectivity index (χ0v) is 19.9. The average molecular weight is 456 g/mol. The summed E-state index contributed by atoms with van der Waals surface area (Å²) < 4.78 is 6.72. The first-order valence-electron chi connectivity index (χ1n) is 12.3. The highest BCUT2D eigenvalue weighted by atomic mass is 16.5. The van der Waals surface area contributed by atoms with Crippen molar-refractivity contribution < 1.29 is 14.6 Å². The van der Waals surface area contributed by atoms with Crippen molar-refractivity contribution in [2.24, 2.45) is 11.8 Å². The van der Waals surface area contributed by atoms with Gasteiger partial charge < -0.3 is 9.84 Å². The van der Waals surface area contributed by atoms with E-state index in [0.717, 1.165) is 18.5 Å². The molecule has 0 aromatic heterocycles. The standard InChI is InChI=1S/C30H33NO3/c1-20-15-21(2)17-22(16-20)19-34-29-25-13-14-31(18-26(25)30(32)33)28(29)27(23-9-5-3-6-10-23)24-11-7-4-8-12-24/h3-12,15-17,25-29H,13-14,18-19H2,1-2H3,(H,32,33)/t25-,26-,28-,29+/m1/s1. The van der Waals surface area contributed by atoms with Crippen molar-refractivity contribution in [3.05, 3.63) is 107 Å². The normalized spacial score (nSPS) is 26.0. The molecular weight excluding hydrogens is 422 g/mol. The van der Waals surface area contributed by atoms with Crippen LogP contribution in [0.25, 0.3) is 0 Å². The van der Waals surface area contributed by atoms with Gasteiger partial charge in [0, 0.05) is 24.4 Å². The van der Waals surface area contributed by atoms with Gasteiger partial charge in [0.15, 0.2) is 0 Å². The maximum atomic E-state index is 12.2. The van der Waals surface area contributed by atoms with E-state index in [1.54, 1.807) is 0 Å². The van der Waals surface area contributed by atoms with E-state index in [9.17, 15) is 9.90 Å². The second-order valence-corrected chi connectivity index (χ2v) is 9.95. The Morgan fingerprint density at radius 1 is 0.971 bits per heavy atom. The van der Waals surface area contributed by atoms with Crippen molar-refractivity contribution in [1.82, 2.24) is 4.90 Å². The number of carboxylic acid groups (broad SMARTS) is 1. The highest BCUT2D eigenvalue weighted by Crippen LogP contribution is 2.45. The lowest BCUT2D eigenvalue weighted by Gasteiger charge is -2.55. The number of piperidine rings is 3. The molecule has 6 rings (SSSR count). The molecule has 34 heavy (non-hydrogen) atoms. The van der Waals surface area contributed by atoms with Gasteiger partial charge in [-0.25, -0.2) is 0 Å². The fraction of sp³-hybridized carbons (Fsp3) is 0.367. The lowest BCUT2D eigenvalue weighted by atomic mass is 9.68. The third-order valence-corrected chi connectivity index (χ3v) is 7.58. The molecule has 2 bridgehead atoms. The number of aryl methyl sites for hydroxylation is 2. The molecule has 176 valence electrons. The third kappa shape index (κ3) is 4.53. The molecule has 4 heteroatoms. The van der Waals surface area contributed by atoms with Gasteiger partial charge in [-0.15, -0.1) is 0 Å². The molecule has 3 aromatic rings. The van der Waals surface area contributed by atoms with Gasteiger partial charge in [-0.1, -0.05) is 90.0 Å². The molecule has 3 saturated heterocycles. The number of hydrogen-bond acceptors (Lipinski definition) is 3. The smallest absolute Gasteiger partial charge is 0.308 e. The summed E-state index contributed by atoms with van der Waals surface area (Å²) >= 11 is 0. The van der Waals surface area contributed by atoms with E-state index in [1.807, 2.05) is 12.1 Å². The lowest BCUT2D eigenvalue weighted by Crippen LogP contribution is -2.65. The summed E-state index contributed by atoms with van der Waals surface area (Å²) in [6.07, 6.45) is 0.705. The van der Waals surface area contributed by atoms with Crippen LogP contribution >= 0.6 is 0 Å². The molecule has 3 fully saturated rings. The van der Waals surface area contributed by atoms with Crippen molar-refractivity contribution in [3.8, 4) is 0 Å². The van der Waals surface area contributed by atoms with Gasteiger partial charge >= 0.3 is 5.97 Å². The first-order valence-corrected chi connectivity index (χ1v) is 12.3. The van der Waals surface area contributed by atoms with Crippen molar-refractivity contribution in [1.29, 1.82) is 0 Å². The van der Waals surface area contributed by atoms with Gasteiger partial charge in [0.2, 0.25) is 0 Å². The fourth-order valence-corrected chi connectivity index (χ4v) is 6.26. The van der Waals surface area contributed by atoms with Crippen LogP contribution in [-0.4, -0.2) is 41.2 Å². The number of fused-ring (bicyclic) bond motifs is 3. The minimum atomic E-state index is -0.705. The van der Waals surface area contributed by atoms with Gasteiger partial charge in [0.05, 0.1) is 18.6 Å². The Hall–Kier alpha value is -2.95. The summed E-state index contributed by atoms with van der Waals surface area (Å²) in [7, 11) is 0. The van der Waals surface area contributed by atoms with E-state index >= 15 is 0 Å². The predicted molar refractivity (Wildman–Crippen MR) is 134 cm³/mol. The number of aliphatic carboxylic acids is 1. The minimum absolute atomic E-state index is 0.00771. The topological polar surface area (TPSA) is 49.8 Å². The zero-order chi connectivity index (χ0) is 23.7. The fourth-order valence-electron chi connectivity index (χ4n) is 6.26. The first kappa shape index (κ1) is 22.8. The van der Waals surface area contributed by atoms with E-state index in [1.165, 1.54) is 22.3 Å². The third-order valence-electron chi connectivity index (χ3n) is 7.58. The van der Waals surface area contributed by atoms with Crippen LogP contribution in [0.2, 0.25) is 0 Å². The van der Waals surface area contributed by atoms with Crippen LogP contribution < -0.4 is 0 Å². The molecule has 0 saturated carbocycles. The molecule has 3 aliphatic rings. The van der Waals surface area contributed by atoms with Crippen molar-refractivity contribution in [2.75, 3.05) is 13.1 Å². The molecule has 1 unspecified atom stereocenters. The molecular formula is C30H33NO3. The van der Waals surface area contributed by atoms with Gasteiger partial charge in [-0.05, 0) is 43.5 Å². The molecule has 1 N–H and O–H groups in total. The van der Waals surface area contributed by atoms with Crippen LogP contribution in [0.15, 0.2) is 78.9 Å². The van der Waals surface area contributed by atoms with Crippen LogP contribution in [0, 0.1) is 25.7 Å². The van der Waals surface area contributed by atoms with E-state index in [4.69, 9.17) is 4.74 Å². The van der Waals surface area contributed by atoms with E-state index in [2.05, 4.69) is 85.5 Å². The minimum Gasteiger partial charge on any atom is -0.481 e. The number of rotatable bonds is 7. The van der Waals surface area contributed by atoms with Crippen molar-refractivity contribution in [3.63, 3.8) is 0 Å². The van der Waals surface area contributed by atoms with Crippen molar-refractivity contribution in [2.45, 2.75) is 44.9 Å². The molecule has 0 amide bonds. The number of nitrogens with zero attached hydrogens (tertiary/aromatic N) is 1. The molecule has 0 radical (unpaired) electrons. The number of carbonyl (C=O) groups is 1. The van der Waals surface area contributed by atoms with Crippen LogP contribution in [0.1, 0.15) is 40.2 Å². The Labute approximate surface area is 202 Å².